The summed E-state index contributed by atoms with van der Waals surface area (Å²) in [5.74, 6) is 0.0449. The number of aromatic amines is 1. The van der Waals surface area contributed by atoms with Gasteiger partial charge in [0, 0.05) is 33.8 Å². The summed E-state index contributed by atoms with van der Waals surface area (Å²) >= 11 is 0. The van der Waals surface area contributed by atoms with E-state index < -0.39 is 5.79 Å². The van der Waals surface area contributed by atoms with Crippen molar-refractivity contribution in [3.05, 3.63) is 64.3 Å². The average Bonchev–Trinajstić information content (AvgIpc) is 3.30. The Bertz CT molecular complexity index is 1220. The number of benzene rings is 2. The fourth-order valence-corrected chi connectivity index (χ4v) is 4.66. The van der Waals surface area contributed by atoms with Gasteiger partial charge in [-0.3, -0.25) is 4.79 Å². The van der Waals surface area contributed by atoms with E-state index in [4.69, 9.17) is 19.6 Å². The smallest absolute Gasteiger partial charge is 0.195 e. The predicted molar refractivity (Wildman–Crippen MR) is 119 cm³/mol. The zero-order valence-corrected chi connectivity index (χ0v) is 18.2. The minimum absolute atomic E-state index is 0.00906. The van der Waals surface area contributed by atoms with Gasteiger partial charge in [0.1, 0.15) is 18.5 Å². The lowest BCUT2D eigenvalue weighted by Crippen LogP contribution is -2.30. The van der Waals surface area contributed by atoms with Crippen LogP contribution in [0.3, 0.4) is 0 Å². The zero-order valence-electron chi connectivity index (χ0n) is 18.2. The van der Waals surface area contributed by atoms with Crippen LogP contribution < -0.4 is 4.74 Å². The van der Waals surface area contributed by atoms with Crippen molar-refractivity contribution in [2.24, 2.45) is 0 Å². The minimum Gasteiger partial charge on any atom is -0.491 e. The van der Waals surface area contributed by atoms with Gasteiger partial charge in [-0.1, -0.05) is 32.0 Å². The van der Waals surface area contributed by atoms with Gasteiger partial charge in [0.25, 0.3) is 0 Å². The number of hydrogen-bond acceptors (Lipinski definition) is 5. The van der Waals surface area contributed by atoms with Crippen LogP contribution in [0.1, 0.15) is 60.4 Å². The number of H-pyrrole nitrogens is 1. The summed E-state index contributed by atoms with van der Waals surface area (Å²) < 4.78 is 17.4. The Hall–Kier alpha value is -2.96. The number of carbonyl (C=O) groups excluding carboxylic acids is 1. The SMILES string of the molecule is CC1(C)OC[C@H](COc2ccc3c(c2)C(=O)c2c([nH]c4cc(C=N)ccc24)C3(C)C)O1. The summed E-state index contributed by atoms with van der Waals surface area (Å²) in [6.45, 7) is 8.87. The predicted octanol–water partition coefficient (Wildman–Crippen LogP) is 4.57. The average molecular weight is 418 g/mol. The van der Waals surface area contributed by atoms with E-state index in [2.05, 4.69) is 18.8 Å². The maximum Gasteiger partial charge on any atom is 0.195 e. The Kier molecular flexibility index (Phi) is 4.36. The molecule has 160 valence electrons. The normalized spacial score (nSPS) is 21.0. The first-order valence-corrected chi connectivity index (χ1v) is 10.5. The van der Waals surface area contributed by atoms with Crippen LogP contribution in [-0.2, 0) is 14.9 Å². The molecule has 1 saturated heterocycles. The molecule has 5 rings (SSSR count). The standard InChI is InChI=1S/C25H26N2O4/c1-24(2)19-8-6-15(29-12-16-13-30-25(3,4)31-16)10-18(19)22(28)21-17-7-5-14(11-26)9-20(17)27-23(21)24/h5-11,16,26-27H,12-13H2,1-4H3/t16-/m0/s1. The van der Waals surface area contributed by atoms with Crippen LogP contribution in [0.15, 0.2) is 36.4 Å². The Morgan fingerprint density at radius 3 is 2.71 bits per heavy atom. The lowest BCUT2D eigenvalue weighted by Gasteiger charge is -2.32. The van der Waals surface area contributed by atoms with Crippen LogP contribution in [0.2, 0.25) is 0 Å². The highest BCUT2D eigenvalue weighted by Gasteiger charge is 2.40. The van der Waals surface area contributed by atoms with Crippen molar-refractivity contribution in [2.75, 3.05) is 13.2 Å². The van der Waals surface area contributed by atoms with Crippen LogP contribution in [0.5, 0.6) is 5.75 Å². The van der Waals surface area contributed by atoms with Crippen molar-refractivity contribution in [3.63, 3.8) is 0 Å². The number of aromatic nitrogens is 1. The number of carbonyl (C=O) groups is 1. The lowest BCUT2D eigenvalue weighted by molar-refractivity contribution is -0.141. The van der Waals surface area contributed by atoms with Gasteiger partial charge in [0.2, 0.25) is 0 Å². The summed E-state index contributed by atoms with van der Waals surface area (Å²) in [6, 6.07) is 11.4. The number of rotatable bonds is 4. The molecule has 1 aromatic heterocycles. The van der Waals surface area contributed by atoms with Crippen molar-refractivity contribution in [1.29, 1.82) is 5.41 Å². The quantitative estimate of drug-likeness (QED) is 0.608. The van der Waals surface area contributed by atoms with Gasteiger partial charge in [-0.05, 0) is 43.2 Å². The number of fused-ring (bicyclic) bond motifs is 4. The first-order chi connectivity index (χ1) is 14.7. The van der Waals surface area contributed by atoms with E-state index in [1.807, 2.05) is 50.2 Å². The molecule has 0 saturated carbocycles. The minimum atomic E-state index is -0.590. The highest BCUT2D eigenvalue weighted by molar-refractivity contribution is 6.20. The second-order valence-electron chi connectivity index (χ2n) is 9.25. The molecule has 1 aliphatic carbocycles. The lowest BCUT2D eigenvalue weighted by atomic mass is 9.71. The van der Waals surface area contributed by atoms with Gasteiger partial charge in [-0.2, -0.15) is 0 Å². The highest BCUT2D eigenvalue weighted by Crippen LogP contribution is 2.44. The summed E-state index contributed by atoms with van der Waals surface area (Å²) in [7, 11) is 0. The van der Waals surface area contributed by atoms with E-state index in [0.717, 1.165) is 27.7 Å². The van der Waals surface area contributed by atoms with E-state index in [1.165, 1.54) is 6.21 Å². The molecule has 0 unspecified atom stereocenters. The molecule has 0 radical (unpaired) electrons. The molecule has 3 aromatic rings. The summed E-state index contributed by atoms with van der Waals surface area (Å²) in [5, 5.41) is 8.40. The zero-order chi connectivity index (χ0) is 22.0. The van der Waals surface area contributed by atoms with Gasteiger partial charge in [-0.15, -0.1) is 0 Å². The fourth-order valence-electron chi connectivity index (χ4n) is 4.66. The third kappa shape index (κ3) is 3.18. The van der Waals surface area contributed by atoms with Crippen molar-refractivity contribution >= 4 is 22.9 Å². The Morgan fingerprint density at radius 2 is 2.00 bits per heavy atom. The number of nitrogens with one attached hydrogen (secondary N) is 2. The maximum absolute atomic E-state index is 13.6. The van der Waals surface area contributed by atoms with Gasteiger partial charge < -0.3 is 24.6 Å². The Morgan fingerprint density at radius 1 is 1.19 bits per heavy atom. The third-order valence-electron chi connectivity index (χ3n) is 6.25. The number of hydrogen-bond donors (Lipinski definition) is 2. The van der Waals surface area contributed by atoms with E-state index in [-0.39, 0.29) is 17.3 Å². The van der Waals surface area contributed by atoms with Crippen LogP contribution in [-0.4, -0.2) is 42.1 Å². The molecule has 0 amide bonds. The van der Waals surface area contributed by atoms with Crippen LogP contribution in [0, 0.1) is 5.41 Å². The van der Waals surface area contributed by atoms with Gasteiger partial charge in [-0.25, -0.2) is 0 Å². The summed E-state index contributed by atoms with van der Waals surface area (Å²) in [4.78, 5) is 17.0. The molecule has 0 spiro atoms. The molecule has 1 aliphatic heterocycles. The second kappa shape index (κ2) is 6.77. The van der Waals surface area contributed by atoms with Crippen LogP contribution >= 0.6 is 0 Å². The van der Waals surface area contributed by atoms with Crippen LogP contribution in [0.25, 0.3) is 10.9 Å². The van der Waals surface area contributed by atoms with E-state index in [9.17, 15) is 4.79 Å². The van der Waals surface area contributed by atoms with Crippen molar-refractivity contribution in [3.8, 4) is 5.75 Å². The Balaban J connectivity index is 1.50. The summed E-state index contributed by atoms with van der Waals surface area (Å²) in [6.07, 6.45) is 1.17. The first kappa shape index (κ1) is 20.0. The molecule has 0 bridgehead atoms. The van der Waals surface area contributed by atoms with Gasteiger partial charge in [0.15, 0.2) is 11.6 Å². The van der Waals surface area contributed by atoms with Crippen LogP contribution in [0.4, 0.5) is 0 Å². The molecular formula is C25H26N2O4. The van der Waals surface area contributed by atoms with Gasteiger partial charge >= 0.3 is 0 Å². The van der Waals surface area contributed by atoms with Crippen molar-refractivity contribution in [2.45, 2.75) is 45.0 Å². The molecule has 2 aliphatic rings. The third-order valence-corrected chi connectivity index (χ3v) is 6.25. The second-order valence-corrected chi connectivity index (χ2v) is 9.25. The number of ketones is 1. The molecule has 6 nitrogen and oxygen atoms in total. The van der Waals surface area contributed by atoms with Crippen molar-refractivity contribution < 1.29 is 19.0 Å². The fraction of sp³-hybridized carbons (Fsp3) is 0.360. The molecule has 2 N–H and O–H groups in total. The molecule has 31 heavy (non-hydrogen) atoms. The largest absolute Gasteiger partial charge is 0.491 e. The van der Waals surface area contributed by atoms with Gasteiger partial charge in [0.05, 0.1) is 12.2 Å². The maximum atomic E-state index is 13.6. The summed E-state index contributed by atoms with van der Waals surface area (Å²) in [5.41, 5.74) is 4.55. The highest BCUT2D eigenvalue weighted by atomic mass is 16.7. The Labute approximate surface area is 181 Å². The molecular weight excluding hydrogens is 392 g/mol. The molecule has 2 heterocycles. The van der Waals surface area contributed by atoms with E-state index in [1.54, 1.807) is 0 Å². The van der Waals surface area contributed by atoms with E-state index in [0.29, 0.717) is 30.1 Å². The first-order valence-electron chi connectivity index (χ1n) is 10.5. The van der Waals surface area contributed by atoms with Crippen molar-refractivity contribution in [1.82, 2.24) is 4.98 Å². The molecule has 1 fully saturated rings. The molecule has 2 aromatic carbocycles. The molecule has 6 heteroatoms. The number of ether oxygens (including phenoxy) is 3. The molecule has 1 atom stereocenters. The van der Waals surface area contributed by atoms with E-state index >= 15 is 0 Å². The monoisotopic (exact) mass is 418 g/mol. The topological polar surface area (TPSA) is 84.4 Å².